The van der Waals surface area contributed by atoms with E-state index in [4.69, 9.17) is 4.74 Å². The van der Waals surface area contributed by atoms with E-state index in [9.17, 15) is 0 Å². The Morgan fingerprint density at radius 2 is 2.15 bits per heavy atom. The minimum atomic E-state index is 0.457. The minimum absolute atomic E-state index is 0.457. The maximum absolute atomic E-state index is 5.65. The summed E-state index contributed by atoms with van der Waals surface area (Å²) in [7, 11) is 2.14. The summed E-state index contributed by atoms with van der Waals surface area (Å²) in [5.41, 5.74) is 1.29. The Kier molecular flexibility index (Phi) is 2.23. The van der Waals surface area contributed by atoms with Crippen LogP contribution in [0.25, 0.3) is 0 Å². The molecule has 1 aliphatic rings. The van der Waals surface area contributed by atoms with E-state index in [-0.39, 0.29) is 0 Å². The molecular weight excluding hydrogens is 162 g/mol. The zero-order valence-corrected chi connectivity index (χ0v) is 8.16. The number of hydrogen-bond donors (Lipinski definition) is 0. The van der Waals surface area contributed by atoms with Crippen LogP contribution in [0.5, 0.6) is 5.75 Å². The van der Waals surface area contributed by atoms with Crippen LogP contribution in [-0.2, 0) is 0 Å². The molecule has 2 rings (SSSR count). The van der Waals surface area contributed by atoms with E-state index >= 15 is 0 Å². The third-order valence-electron chi connectivity index (χ3n) is 2.73. The Hall–Kier alpha value is -1.02. The van der Waals surface area contributed by atoms with Gasteiger partial charge in [-0.1, -0.05) is 18.2 Å². The largest absolute Gasteiger partial charge is 0.492 e. The molecule has 1 aliphatic heterocycles. The second-order valence-electron chi connectivity index (χ2n) is 3.54. The molecule has 1 aromatic rings. The molecule has 0 aromatic heterocycles. The minimum Gasteiger partial charge on any atom is -0.492 e. The molecule has 0 aliphatic carbocycles. The Morgan fingerprint density at radius 1 is 1.38 bits per heavy atom. The molecule has 0 bridgehead atoms. The highest BCUT2D eigenvalue weighted by Crippen LogP contribution is 2.30. The summed E-state index contributed by atoms with van der Waals surface area (Å²) in [5, 5.41) is 0. The zero-order chi connectivity index (χ0) is 9.26. The molecule has 0 spiro atoms. The third kappa shape index (κ3) is 1.54. The molecule has 0 amide bonds. The molecular formula is C11H15NO. The van der Waals surface area contributed by atoms with Crippen molar-refractivity contribution in [2.24, 2.45) is 0 Å². The van der Waals surface area contributed by atoms with E-state index in [0.29, 0.717) is 6.04 Å². The van der Waals surface area contributed by atoms with Crippen LogP contribution in [0.3, 0.4) is 0 Å². The van der Waals surface area contributed by atoms with E-state index in [1.165, 1.54) is 5.56 Å². The highest BCUT2D eigenvalue weighted by Gasteiger charge is 2.18. The van der Waals surface area contributed by atoms with Gasteiger partial charge in [0.05, 0.1) is 0 Å². The Morgan fingerprint density at radius 3 is 3.00 bits per heavy atom. The van der Waals surface area contributed by atoms with Crippen molar-refractivity contribution in [1.29, 1.82) is 0 Å². The molecule has 1 aromatic carbocycles. The van der Waals surface area contributed by atoms with Crippen LogP contribution < -0.4 is 4.74 Å². The maximum atomic E-state index is 5.65. The van der Waals surface area contributed by atoms with Gasteiger partial charge in [0.15, 0.2) is 0 Å². The number of fused-ring (bicyclic) bond motifs is 1. The number of likely N-dealkylation sites (N-methyl/N-ethyl adjacent to an activating group) is 1. The first-order valence-corrected chi connectivity index (χ1v) is 4.71. The van der Waals surface area contributed by atoms with Crippen LogP contribution in [0.1, 0.15) is 18.5 Å². The van der Waals surface area contributed by atoms with Crippen LogP contribution in [0.15, 0.2) is 24.3 Å². The summed E-state index contributed by atoms with van der Waals surface area (Å²) >= 11 is 0. The van der Waals surface area contributed by atoms with Crippen molar-refractivity contribution in [3.8, 4) is 5.75 Å². The van der Waals surface area contributed by atoms with Crippen LogP contribution in [0.2, 0.25) is 0 Å². The summed E-state index contributed by atoms with van der Waals surface area (Å²) in [5.74, 6) is 1.04. The topological polar surface area (TPSA) is 12.5 Å². The average molecular weight is 177 g/mol. The lowest BCUT2D eigenvalue weighted by Crippen LogP contribution is -2.24. The normalized spacial score (nSPS) is 23.1. The molecule has 0 fully saturated rings. The molecule has 2 nitrogen and oxygen atoms in total. The van der Waals surface area contributed by atoms with Gasteiger partial charge >= 0.3 is 0 Å². The lowest BCUT2D eigenvalue weighted by atomic mass is 10.1. The van der Waals surface area contributed by atoms with Gasteiger partial charge < -0.3 is 4.74 Å². The molecule has 2 heteroatoms. The fourth-order valence-corrected chi connectivity index (χ4v) is 1.69. The van der Waals surface area contributed by atoms with E-state index < -0.39 is 0 Å². The van der Waals surface area contributed by atoms with Crippen molar-refractivity contribution in [2.45, 2.75) is 13.0 Å². The van der Waals surface area contributed by atoms with Crippen molar-refractivity contribution < 1.29 is 4.74 Å². The van der Waals surface area contributed by atoms with Gasteiger partial charge in [0, 0.05) is 18.2 Å². The van der Waals surface area contributed by atoms with Crippen molar-refractivity contribution in [3.63, 3.8) is 0 Å². The summed E-state index contributed by atoms with van der Waals surface area (Å²) in [6.07, 6.45) is 0. The number of benzene rings is 1. The molecule has 70 valence electrons. The second kappa shape index (κ2) is 3.38. The van der Waals surface area contributed by atoms with E-state index in [1.807, 2.05) is 12.1 Å². The summed E-state index contributed by atoms with van der Waals surface area (Å²) in [6, 6.07) is 8.74. The molecule has 0 radical (unpaired) electrons. The van der Waals surface area contributed by atoms with Gasteiger partial charge in [-0.05, 0) is 20.0 Å². The first-order valence-electron chi connectivity index (χ1n) is 4.71. The van der Waals surface area contributed by atoms with E-state index in [2.05, 4.69) is 31.0 Å². The van der Waals surface area contributed by atoms with Crippen LogP contribution >= 0.6 is 0 Å². The van der Waals surface area contributed by atoms with Gasteiger partial charge in [0.25, 0.3) is 0 Å². The van der Waals surface area contributed by atoms with E-state index in [0.717, 1.165) is 18.9 Å². The van der Waals surface area contributed by atoms with Crippen molar-refractivity contribution in [2.75, 3.05) is 20.2 Å². The smallest absolute Gasteiger partial charge is 0.124 e. The van der Waals surface area contributed by atoms with Crippen LogP contribution in [-0.4, -0.2) is 25.1 Å². The first-order chi connectivity index (χ1) is 6.29. The molecule has 0 saturated carbocycles. The number of hydrogen-bond acceptors (Lipinski definition) is 2. The van der Waals surface area contributed by atoms with Gasteiger partial charge in [-0.2, -0.15) is 0 Å². The summed E-state index contributed by atoms with van der Waals surface area (Å²) in [6.45, 7) is 4.00. The molecule has 0 N–H and O–H groups in total. The maximum Gasteiger partial charge on any atom is 0.124 e. The van der Waals surface area contributed by atoms with Gasteiger partial charge in [0.1, 0.15) is 12.4 Å². The van der Waals surface area contributed by atoms with Crippen molar-refractivity contribution in [1.82, 2.24) is 4.90 Å². The molecule has 1 heterocycles. The zero-order valence-electron chi connectivity index (χ0n) is 8.16. The summed E-state index contributed by atoms with van der Waals surface area (Å²) < 4.78 is 5.65. The SMILES string of the molecule is C[C@@H]1c2ccccc2OCCN1C. The van der Waals surface area contributed by atoms with Crippen molar-refractivity contribution in [3.05, 3.63) is 29.8 Å². The van der Waals surface area contributed by atoms with Gasteiger partial charge in [-0.25, -0.2) is 0 Å². The monoisotopic (exact) mass is 177 g/mol. The van der Waals surface area contributed by atoms with Gasteiger partial charge in [0.2, 0.25) is 0 Å². The predicted molar refractivity (Wildman–Crippen MR) is 53.0 cm³/mol. The molecule has 0 unspecified atom stereocenters. The highest BCUT2D eigenvalue weighted by atomic mass is 16.5. The first kappa shape index (κ1) is 8.57. The Bertz CT molecular complexity index is 298. The third-order valence-corrected chi connectivity index (χ3v) is 2.73. The Balaban J connectivity index is 2.40. The standard InChI is InChI=1S/C11H15NO/c1-9-10-5-3-4-6-11(10)13-8-7-12(9)2/h3-6,9H,7-8H2,1-2H3/t9-/m1/s1. The average Bonchev–Trinajstić information content (AvgIpc) is 2.29. The number of rotatable bonds is 0. The Labute approximate surface area is 79.1 Å². The molecule has 0 saturated heterocycles. The van der Waals surface area contributed by atoms with Gasteiger partial charge in [-0.15, -0.1) is 0 Å². The fourth-order valence-electron chi connectivity index (χ4n) is 1.69. The molecule has 13 heavy (non-hydrogen) atoms. The lowest BCUT2D eigenvalue weighted by molar-refractivity contribution is 0.229. The number of ether oxygens (including phenoxy) is 1. The van der Waals surface area contributed by atoms with Crippen LogP contribution in [0.4, 0.5) is 0 Å². The number of para-hydroxylation sites is 1. The predicted octanol–water partition coefficient (Wildman–Crippen LogP) is 2.07. The van der Waals surface area contributed by atoms with E-state index in [1.54, 1.807) is 0 Å². The fraction of sp³-hybridized carbons (Fsp3) is 0.455. The van der Waals surface area contributed by atoms with Gasteiger partial charge in [-0.3, -0.25) is 4.90 Å². The quantitative estimate of drug-likeness (QED) is 0.601. The number of nitrogens with zero attached hydrogens (tertiary/aromatic N) is 1. The van der Waals surface area contributed by atoms with Crippen LogP contribution in [0, 0.1) is 0 Å². The highest BCUT2D eigenvalue weighted by molar-refractivity contribution is 5.36. The summed E-state index contributed by atoms with van der Waals surface area (Å²) in [4.78, 5) is 2.31. The van der Waals surface area contributed by atoms with Crippen molar-refractivity contribution >= 4 is 0 Å². The molecule has 1 atom stereocenters. The second-order valence-corrected chi connectivity index (χ2v) is 3.54. The lowest BCUT2D eigenvalue weighted by Gasteiger charge is -2.21.